The Morgan fingerprint density at radius 1 is 0.923 bits per heavy atom. The van der Waals surface area contributed by atoms with Gasteiger partial charge in [0.1, 0.15) is 5.69 Å². The van der Waals surface area contributed by atoms with Gasteiger partial charge in [-0.15, -0.1) is 0 Å². The van der Waals surface area contributed by atoms with Gasteiger partial charge in [0.2, 0.25) is 0 Å². The highest BCUT2D eigenvalue weighted by molar-refractivity contribution is 6.46. The van der Waals surface area contributed by atoms with Crippen molar-refractivity contribution in [2.24, 2.45) is 7.05 Å². The van der Waals surface area contributed by atoms with Crippen LogP contribution in [0.1, 0.15) is 21.6 Å². The number of aryl methyl sites for hydroxylation is 1. The van der Waals surface area contributed by atoms with Crippen LogP contribution in [0.5, 0.6) is 0 Å². The fourth-order valence-electron chi connectivity index (χ4n) is 2.72. The maximum absolute atomic E-state index is 12.8. The van der Waals surface area contributed by atoms with Crippen LogP contribution in [-0.2, 0) is 11.8 Å². The SMILES string of the molecule is Cc1ccc(C(=O)C(=O)Nc2c(C)n(C)n(-c3ccccc3)c2=O)cc1. The fourth-order valence-corrected chi connectivity index (χ4v) is 2.72. The molecule has 26 heavy (non-hydrogen) atoms. The molecule has 0 spiro atoms. The van der Waals surface area contributed by atoms with Crippen LogP contribution in [0.4, 0.5) is 5.69 Å². The largest absolute Gasteiger partial charge is 0.313 e. The smallest absolute Gasteiger partial charge is 0.296 e. The summed E-state index contributed by atoms with van der Waals surface area (Å²) in [6.07, 6.45) is 0. The summed E-state index contributed by atoms with van der Waals surface area (Å²) in [5.41, 5.74) is 2.22. The van der Waals surface area contributed by atoms with Crippen LogP contribution < -0.4 is 10.9 Å². The van der Waals surface area contributed by atoms with Crippen molar-refractivity contribution >= 4 is 17.4 Å². The van der Waals surface area contributed by atoms with E-state index >= 15 is 0 Å². The topological polar surface area (TPSA) is 73.1 Å². The number of anilines is 1. The number of hydrogen-bond donors (Lipinski definition) is 1. The number of carbonyl (C=O) groups excluding carboxylic acids is 2. The summed E-state index contributed by atoms with van der Waals surface area (Å²) in [5, 5.41) is 2.48. The molecule has 0 atom stereocenters. The van der Waals surface area contributed by atoms with Gasteiger partial charge < -0.3 is 5.32 Å². The minimum absolute atomic E-state index is 0.0989. The Bertz CT molecular complexity index is 1030. The molecule has 0 aliphatic carbocycles. The Hall–Kier alpha value is -3.41. The molecule has 6 heteroatoms. The third kappa shape index (κ3) is 3.09. The molecule has 6 nitrogen and oxygen atoms in total. The van der Waals surface area contributed by atoms with Gasteiger partial charge in [0.25, 0.3) is 17.2 Å². The summed E-state index contributed by atoms with van der Waals surface area (Å²) in [4.78, 5) is 37.4. The molecule has 1 amide bonds. The van der Waals surface area contributed by atoms with E-state index in [2.05, 4.69) is 5.32 Å². The lowest BCUT2D eigenvalue weighted by Gasteiger charge is -2.07. The maximum atomic E-state index is 12.8. The molecular weight excluding hydrogens is 330 g/mol. The van der Waals surface area contributed by atoms with Gasteiger partial charge in [-0.3, -0.25) is 19.1 Å². The van der Waals surface area contributed by atoms with Gasteiger partial charge in [0.15, 0.2) is 0 Å². The number of nitrogens with zero attached hydrogens (tertiary/aromatic N) is 2. The van der Waals surface area contributed by atoms with Crippen LogP contribution in [0, 0.1) is 13.8 Å². The molecule has 0 unspecified atom stereocenters. The lowest BCUT2D eigenvalue weighted by Crippen LogP contribution is -2.27. The number of nitrogens with one attached hydrogen (secondary N) is 1. The summed E-state index contributed by atoms with van der Waals surface area (Å²) in [5.74, 6) is -1.52. The average molecular weight is 349 g/mol. The fraction of sp³-hybridized carbons (Fsp3) is 0.150. The van der Waals surface area contributed by atoms with E-state index in [1.807, 2.05) is 25.1 Å². The predicted octanol–water partition coefficient (Wildman–Crippen LogP) is 2.61. The number of benzene rings is 2. The standard InChI is InChI=1S/C20H19N3O3/c1-13-9-11-15(12-10-13)18(24)19(25)21-17-14(2)22(3)23(20(17)26)16-7-5-4-6-8-16/h4-12H,1-3H3,(H,21,25). The van der Waals surface area contributed by atoms with Crippen molar-refractivity contribution < 1.29 is 9.59 Å². The average Bonchev–Trinajstić information content (AvgIpc) is 2.86. The van der Waals surface area contributed by atoms with E-state index in [-0.39, 0.29) is 16.8 Å². The first kappa shape index (κ1) is 17.4. The lowest BCUT2D eigenvalue weighted by atomic mass is 10.1. The van der Waals surface area contributed by atoms with E-state index in [0.717, 1.165) is 5.56 Å². The monoisotopic (exact) mass is 349 g/mol. The van der Waals surface area contributed by atoms with Crippen LogP contribution >= 0.6 is 0 Å². The molecule has 2 aromatic carbocycles. The van der Waals surface area contributed by atoms with Crippen molar-refractivity contribution in [3.8, 4) is 5.69 Å². The molecule has 0 aliphatic rings. The number of carbonyl (C=O) groups is 2. The third-order valence-corrected chi connectivity index (χ3v) is 4.31. The zero-order valence-corrected chi connectivity index (χ0v) is 14.8. The van der Waals surface area contributed by atoms with E-state index in [1.54, 1.807) is 55.1 Å². The highest BCUT2D eigenvalue weighted by Crippen LogP contribution is 2.14. The van der Waals surface area contributed by atoms with Crippen molar-refractivity contribution in [1.82, 2.24) is 9.36 Å². The lowest BCUT2D eigenvalue weighted by molar-refractivity contribution is -0.112. The van der Waals surface area contributed by atoms with Crippen LogP contribution in [0.15, 0.2) is 59.4 Å². The van der Waals surface area contributed by atoms with Crippen LogP contribution in [-0.4, -0.2) is 21.1 Å². The molecule has 0 saturated heterocycles. The first-order chi connectivity index (χ1) is 12.4. The quantitative estimate of drug-likeness (QED) is 0.581. The summed E-state index contributed by atoms with van der Waals surface area (Å²) in [6.45, 7) is 3.61. The van der Waals surface area contributed by atoms with Gasteiger partial charge in [0.05, 0.1) is 11.4 Å². The van der Waals surface area contributed by atoms with Gasteiger partial charge in [-0.05, 0) is 26.0 Å². The Balaban J connectivity index is 1.93. The Labute approximate surface area is 150 Å². The zero-order valence-electron chi connectivity index (χ0n) is 14.8. The second-order valence-electron chi connectivity index (χ2n) is 6.09. The Morgan fingerprint density at radius 3 is 2.15 bits per heavy atom. The van der Waals surface area contributed by atoms with E-state index in [0.29, 0.717) is 11.4 Å². The molecule has 1 N–H and O–H groups in total. The predicted molar refractivity (Wildman–Crippen MR) is 99.9 cm³/mol. The second kappa shape index (κ2) is 6.84. The van der Waals surface area contributed by atoms with Gasteiger partial charge in [-0.25, -0.2) is 4.68 Å². The third-order valence-electron chi connectivity index (χ3n) is 4.31. The summed E-state index contributed by atoms with van der Waals surface area (Å²) >= 11 is 0. The molecule has 3 rings (SSSR count). The van der Waals surface area contributed by atoms with Gasteiger partial charge in [0, 0.05) is 12.6 Å². The summed E-state index contributed by atoms with van der Waals surface area (Å²) < 4.78 is 3.09. The number of amides is 1. The molecule has 0 bridgehead atoms. The van der Waals surface area contributed by atoms with Crippen molar-refractivity contribution in [2.75, 3.05) is 5.32 Å². The molecule has 3 aromatic rings. The molecule has 0 radical (unpaired) electrons. The first-order valence-corrected chi connectivity index (χ1v) is 8.16. The molecule has 0 saturated carbocycles. The number of para-hydroxylation sites is 1. The Kier molecular flexibility index (Phi) is 4.58. The maximum Gasteiger partial charge on any atom is 0.296 e. The number of ketones is 1. The van der Waals surface area contributed by atoms with E-state index in [1.165, 1.54) is 4.68 Å². The second-order valence-corrected chi connectivity index (χ2v) is 6.09. The molecule has 0 fully saturated rings. The van der Waals surface area contributed by atoms with E-state index in [9.17, 15) is 14.4 Å². The van der Waals surface area contributed by atoms with Crippen LogP contribution in [0.2, 0.25) is 0 Å². The first-order valence-electron chi connectivity index (χ1n) is 8.16. The minimum Gasteiger partial charge on any atom is -0.313 e. The van der Waals surface area contributed by atoms with Gasteiger partial charge in [-0.1, -0.05) is 48.0 Å². The summed E-state index contributed by atoms with van der Waals surface area (Å²) in [6, 6.07) is 15.8. The summed E-state index contributed by atoms with van der Waals surface area (Å²) in [7, 11) is 1.72. The number of rotatable bonds is 4. The highest BCUT2D eigenvalue weighted by atomic mass is 16.2. The Morgan fingerprint density at radius 2 is 1.54 bits per heavy atom. The highest BCUT2D eigenvalue weighted by Gasteiger charge is 2.22. The van der Waals surface area contributed by atoms with Gasteiger partial charge >= 0.3 is 0 Å². The molecular formula is C20H19N3O3. The van der Waals surface area contributed by atoms with Crippen molar-refractivity contribution in [3.63, 3.8) is 0 Å². The zero-order chi connectivity index (χ0) is 18.8. The van der Waals surface area contributed by atoms with Crippen molar-refractivity contribution in [2.45, 2.75) is 13.8 Å². The number of hydrogen-bond acceptors (Lipinski definition) is 3. The van der Waals surface area contributed by atoms with E-state index < -0.39 is 11.7 Å². The van der Waals surface area contributed by atoms with E-state index in [4.69, 9.17) is 0 Å². The number of aromatic nitrogens is 2. The van der Waals surface area contributed by atoms with Crippen molar-refractivity contribution in [3.05, 3.63) is 81.8 Å². The molecule has 1 heterocycles. The molecule has 1 aromatic heterocycles. The van der Waals surface area contributed by atoms with Crippen molar-refractivity contribution in [1.29, 1.82) is 0 Å². The van der Waals surface area contributed by atoms with Gasteiger partial charge in [-0.2, -0.15) is 0 Å². The normalized spacial score (nSPS) is 10.6. The molecule has 132 valence electrons. The minimum atomic E-state index is -0.833. The van der Waals surface area contributed by atoms with Crippen LogP contribution in [0.3, 0.4) is 0 Å². The number of Topliss-reactive ketones (excluding diaryl/α,β-unsaturated/α-hetero) is 1. The van der Waals surface area contributed by atoms with Crippen LogP contribution in [0.25, 0.3) is 5.69 Å². The molecule has 0 aliphatic heterocycles.